The second-order valence-corrected chi connectivity index (χ2v) is 4.47. The van der Waals surface area contributed by atoms with E-state index in [0.717, 1.165) is 5.56 Å². The van der Waals surface area contributed by atoms with Crippen molar-refractivity contribution in [2.75, 3.05) is 5.32 Å². The molecule has 0 aromatic heterocycles. The maximum Gasteiger partial charge on any atom is 0.296 e. The summed E-state index contributed by atoms with van der Waals surface area (Å²) in [6, 6.07) is 13.6. The van der Waals surface area contributed by atoms with Gasteiger partial charge >= 0.3 is 0 Å². The van der Waals surface area contributed by atoms with Crippen molar-refractivity contribution < 1.29 is 9.59 Å². The van der Waals surface area contributed by atoms with Gasteiger partial charge in [0.1, 0.15) is 0 Å². The summed E-state index contributed by atoms with van der Waals surface area (Å²) in [5.41, 5.74) is 1.64. The van der Waals surface area contributed by atoms with Gasteiger partial charge in [0.05, 0.1) is 0 Å². The topological polar surface area (TPSA) is 46.2 Å². The van der Waals surface area contributed by atoms with Gasteiger partial charge in [-0.25, -0.2) is 0 Å². The van der Waals surface area contributed by atoms with Crippen molar-refractivity contribution in [3.05, 3.63) is 64.7 Å². The van der Waals surface area contributed by atoms with Gasteiger partial charge in [-0.15, -0.1) is 0 Å². The summed E-state index contributed by atoms with van der Waals surface area (Å²) < 4.78 is 0. The Hall–Kier alpha value is -2.13. The summed E-state index contributed by atoms with van der Waals surface area (Å²) in [6.45, 7) is 1.78. The van der Waals surface area contributed by atoms with E-state index in [4.69, 9.17) is 11.6 Å². The van der Waals surface area contributed by atoms with Gasteiger partial charge < -0.3 is 5.32 Å². The minimum atomic E-state index is -0.670. The predicted molar refractivity (Wildman–Crippen MR) is 75.6 cm³/mol. The smallest absolute Gasteiger partial charge is 0.296 e. The molecule has 0 spiro atoms. The third-order valence-electron chi connectivity index (χ3n) is 2.76. The van der Waals surface area contributed by atoms with Gasteiger partial charge in [-0.3, -0.25) is 9.59 Å². The molecule has 0 aliphatic carbocycles. The van der Waals surface area contributed by atoms with Crippen LogP contribution in [-0.2, 0) is 4.79 Å². The molecule has 0 aliphatic heterocycles. The Balaban J connectivity index is 2.18. The summed E-state index contributed by atoms with van der Waals surface area (Å²) in [5.74, 6) is -1.24. The van der Waals surface area contributed by atoms with Crippen LogP contribution in [-0.4, -0.2) is 11.7 Å². The first-order chi connectivity index (χ1) is 9.09. The van der Waals surface area contributed by atoms with E-state index in [1.54, 1.807) is 55.5 Å². The lowest BCUT2D eigenvalue weighted by atomic mass is 10.1. The van der Waals surface area contributed by atoms with Crippen LogP contribution in [0, 0.1) is 6.92 Å². The average Bonchev–Trinajstić information content (AvgIpc) is 2.44. The van der Waals surface area contributed by atoms with Crippen molar-refractivity contribution in [2.45, 2.75) is 6.92 Å². The first-order valence-corrected chi connectivity index (χ1v) is 6.13. The number of benzene rings is 2. The van der Waals surface area contributed by atoms with Crippen molar-refractivity contribution in [1.82, 2.24) is 0 Å². The lowest BCUT2D eigenvalue weighted by Gasteiger charge is -2.08. The van der Waals surface area contributed by atoms with E-state index < -0.39 is 11.7 Å². The minimum Gasteiger partial charge on any atom is -0.319 e. The molecular weight excluding hydrogens is 262 g/mol. The molecule has 0 unspecified atom stereocenters. The zero-order chi connectivity index (χ0) is 13.8. The zero-order valence-corrected chi connectivity index (χ0v) is 11.1. The van der Waals surface area contributed by atoms with E-state index in [9.17, 15) is 9.59 Å². The number of carbonyl (C=O) groups excluding carboxylic acids is 2. The number of hydrogen-bond acceptors (Lipinski definition) is 2. The van der Waals surface area contributed by atoms with Gasteiger partial charge in [-0.1, -0.05) is 48.0 Å². The first kappa shape index (κ1) is 13.3. The van der Waals surface area contributed by atoms with Crippen LogP contribution in [0.2, 0.25) is 5.02 Å². The molecule has 0 saturated carbocycles. The second kappa shape index (κ2) is 5.67. The van der Waals surface area contributed by atoms with E-state index in [-0.39, 0.29) is 0 Å². The molecule has 1 N–H and O–H groups in total. The van der Waals surface area contributed by atoms with Gasteiger partial charge in [0.2, 0.25) is 0 Å². The highest BCUT2D eigenvalue weighted by Crippen LogP contribution is 2.23. The Morgan fingerprint density at radius 3 is 2.37 bits per heavy atom. The monoisotopic (exact) mass is 273 g/mol. The third kappa shape index (κ3) is 3.01. The predicted octanol–water partition coefficient (Wildman–Crippen LogP) is 3.47. The van der Waals surface area contributed by atoms with Crippen molar-refractivity contribution in [3.8, 4) is 0 Å². The quantitative estimate of drug-likeness (QED) is 0.687. The molecule has 1 amide bonds. The Kier molecular flexibility index (Phi) is 3.97. The van der Waals surface area contributed by atoms with Crippen molar-refractivity contribution in [2.24, 2.45) is 0 Å². The number of nitrogens with one attached hydrogen (secondary N) is 1. The van der Waals surface area contributed by atoms with Crippen LogP contribution in [0.25, 0.3) is 0 Å². The van der Waals surface area contributed by atoms with E-state index in [2.05, 4.69) is 5.32 Å². The normalized spacial score (nSPS) is 10.0. The number of carbonyl (C=O) groups is 2. The molecule has 0 saturated heterocycles. The number of halogens is 1. The number of rotatable bonds is 3. The number of anilines is 1. The van der Waals surface area contributed by atoms with Gasteiger partial charge in [-0.05, 0) is 24.6 Å². The van der Waals surface area contributed by atoms with Crippen LogP contribution in [0.4, 0.5) is 5.69 Å². The van der Waals surface area contributed by atoms with Crippen molar-refractivity contribution in [1.29, 1.82) is 0 Å². The summed E-state index contributed by atoms with van der Waals surface area (Å²) >= 11 is 5.96. The summed E-state index contributed by atoms with van der Waals surface area (Å²) in [4.78, 5) is 23.8. The maximum absolute atomic E-state index is 11.9. The molecule has 0 fully saturated rings. The van der Waals surface area contributed by atoms with Crippen molar-refractivity contribution in [3.63, 3.8) is 0 Å². The molecule has 0 aliphatic rings. The molecule has 0 bridgehead atoms. The number of hydrogen-bond donors (Lipinski definition) is 1. The van der Waals surface area contributed by atoms with Crippen LogP contribution in [0.15, 0.2) is 48.5 Å². The molecule has 0 radical (unpaired) electrons. The fourth-order valence-corrected chi connectivity index (χ4v) is 1.82. The highest BCUT2D eigenvalue weighted by atomic mass is 35.5. The Bertz CT molecular complexity index is 623. The maximum atomic E-state index is 11.9. The molecule has 4 heteroatoms. The summed E-state index contributed by atoms with van der Waals surface area (Å²) in [5, 5.41) is 3.12. The van der Waals surface area contributed by atoms with Gasteiger partial charge in [0, 0.05) is 16.3 Å². The largest absolute Gasteiger partial charge is 0.319 e. The average molecular weight is 274 g/mol. The number of Topliss-reactive ketones (excluding diaryl/α,β-unsaturated/α-hetero) is 1. The highest BCUT2D eigenvalue weighted by molar-refractivity contribution is 6.46. The Morgan fingerprint density at radius 2 is 1.68 bits per heavy atom. The van der Waals surface area contributed by atoms with Crippen LogP contribution in [0.1, 0.15) is 15.9 Å². The van der Waals surface area contributed by atoms with Gasteiger partial charge in [-0.2, -0.15) is 0 Å². The first-order valence-electron chi connectivity index (χ1n) is 5.75. The Morgan fingerprint density at radius 1 is 1.00 bits per heavy atom. The number of ketones is 1. The SMILES string of the molecule is Cc1c(Cl)cccc1NC(=O)C(=O)c1ccccc1. The Labute approximate surface area is 116 Å². The second-order valence-electron chi connectivity index (χ2n) is 4.06. The minimum absolute atomic E-state index is 0.361. The van der Waals surface area contributed by atoms with E-state index in [1.807, 2.05) is 0 Å². The standard InChI is InChI=1S/C15H12ClNO2/c1-10-12(16)8-5-9-13(10)17-15(19)14(18)11-6-3-2-4-7-11/h2-9H,1H3,(H,17,19). The molecule has 0 atom stereocenters. The van der Waals surface area contributed by atoms with Crippen LogP contribution in [0.5, 0.6) is 0 Å². The van der Waals surface area contributed by atoms with E-state index in [1.165, 1.54) is 0 Å². The van der Waals surface area contributed by atoms with E-state index in [0.29, 0.717) is 16.3 Å². The highest BCUT2D eigenvalue weighted by Gasteiger charge is 2.16. The van der Waals surface area contributed by atoms with E-state index >= 15 is 0 Å². The lowest BCUT2D eigenvalue weighted by molar-refractivity contribution is -0.112. The molecule has 0 heterocycles. The zero-order valence-electron chi connectivity index (χ0n) is 10.3. The summed E-state index contributed by atoms with van der Waals surface area (Å²) in [7, 11) is 0. The molecule has 2 aromatic rings. The fraction of sp³-hybridized carbons (Fsp3) is 0.0667. The number of amides is 1. The van der Waals surface area contributed by atoms with Crippen LogP contribution < -0.4 is 5.32 Å². The van der Waals surface area contributed by atoms with Crippen LogP contribution >= 0.6 is 11.6 Å². The molecule has 2 aromatic carbocycles. The third-order valence-corrected chi connectivity index (χ3v) is 3.17. The molecule has 3 nitrogen and oxygen atoms in total. The van der Waals surface area contributed by atoms with Gasteiger partial charge in [0.25, 0.3) is 11.7 Å². The lowest BCUT2D eigenvalue weighted by Crippen LogP contribution is -2.23. The van der Waals surface area contributed by atoms with Gasteiger partial charge in [0.15, 0.2) is 0 Å². The molecular formula is C15H12ClNO2. The summed E-state index contributed by atoms with van der Waals surface area (Å²) in [6.07, 6.45) is 0. The fourth-order valence-electron chi connectivity index (χ4n) is 1.64. The molecule has 96 valence electrons. The van der Waals surface area contributed by atoms with Crippen molar-refractivity contribution >= 4 is 29.0 Å². The molecule has 2 rings (SSSR count). The van der Waals surface area contributed by atoms with Crippen LogP contribution in [0.3, 0.4) is 0 Å². The molecule has 19 heavy (non-hydrogen) atoms.